The van der Waals surface area contributed by atoms with E-state index in [4.69, 9.17) is 5.73 Å². The van der Waals surface area contributed by atoms with Gasteiger partial charge in [0, 0.05) is 24.7 Å². The Hall–Kier alpha value is -1.39. The first kappa shape index (κ1) is 15.0. The van der Waals surface area contributed by atoms with Gasteiger partial charge in [-0.25, -0.2) is 0 Å². The van der Waals surface area contributed by atoms with Gasteiger partial charge in [0.15, 0.2) is 0 Å². The Morgan fingerprint density at radius 3 is 2.85 bits per heavy atom. The maximum absolute atomic E-state index is 12.7. The number of benzene rings is 1. The molecule has 2 N–H and O–H groups in total. The summed E-state index contributed by atoms with van der Waals surface area (Å²) < 4.78 is 0. The Balaban J connectivity index is 2.14. The van der Waals surface area contributed by atoms with Crippen molar-refractivity contribution in [1.29, 1.82) is 0 Å². The molecule has 0 saturated carbocycles. The van der Waals surface area contributed by atoms with Crippen molar-refractivity contribution in [3.8, 4) is 0 Å². The lowest BCUT2D eigenvalue weighted by Gasteiger charge is -2.36. The molecule has 1 heterocycles. The molecule has 1 aromatic carbocycles. The normalized spacial score (nSPS) is 19.4. The van der Waals surface area contributed by atoms with Gasteiger partial charge in [-0.05, 0) is 51.5 Å². The fraction of sp³-hybridized carbons (Fsp3) is 0.562. The number of rotatable bonds is 4. The molecular weight excluding hydrogens is 250 g/mol. The maximum Gasteiger partial charge on any atom is 0.254 e. The van der Waals surface area contributed by atoms with Crippen LogP contribution in [-0.4, -0.2) is 55.5 Å². The fourth-order valence-corrected chi connectivity index (χ4v) is 2.83. The molecule has 1 aliphatic heterocycles. The van der Waals surface area contributed by atoms with E-state index in [0.29, 0.717) is 12.6 Å². The molecule has 1 amide bonds. The van der Waals surface area contributed by atoms with Crippen LogP contribution in [0.3, 0.4) is 0 Å². The minimum atomic E-state index is 0.153. The van der Waals surface area contributed by atoms with Crippen LogP contribution in [0.4, 0.5) is 0 Å². The van der Waals surface area contributed by atoms with Crippen LogP contribution >= 0.6 is 0 Å². The Morgan fingerprint density at radius 2 is 2.15 bits per heavy atom. The molecule has 4 heteroatoms. The third-order valence-electron chi connectivity index (χ3n) is 4.08. The molecule has 1 aromatic rings. The van der Waals surface area contributed by atoms with Crippen molar-refractivity contribution in [3.63, 3.8) is 0 Å². The second kappa shape index (κ2) is 6.86. The third-order valence-corrected chi connectivity index (χ3v) is 4.08. The average Bonchev–Trinajstić information content (AvgIpc) is 2.47. The lowest BCUT2D eigenvalue weighted by atomic mass is 10.00. The van der Waals surface area contributed by atoms with Crippen LogP contribution in [0.25, 0.3) is 0 Å². The molecule has 0 bridgehead atoms. The molecule has 0 spiro atoms. The van der Waals surface area contributed by atoms with E-state index in [2.05, 4.69) is 19.0 Å². The zero-order chi connectivity index (χ0) is 14.5. The largest absolute Gasteiger partial charge is 0.337 e. The summed E-state index contributed by atoms with van der Waals surface area (Å²) in [5.74, 6) is 0.153. The van der Waals surface area contributed by atoms with E-state index in [-0.39, 0.29) is 5.91 Å². The highest BCUT2D eigenvalue weighted by Crippen LogP contribution is 2.18. The van der Waals surface area contributed by atoms with E-state index < -0.39 is 0 Å². The first-order valence-electron chi connectivity index (χ1n) is 7.37. The minimum Gasteiger partial charge on any atom is -0.337 e. The number of likely N-dealkylation sites (tertiary alicyclic amines) is 1. The average molecular weight is 275 g/mol. The summed E-state index contributed by atoms with van der Waals surface area (Å²) in [6.45, 7) is 2.26. The number of piperidine rings is 1. The Bertz CT molecular complexity index is 459. The second-order valence-electron chi connectivity index (χ2n) is 5.71. The summed E-state index contributed by atoms with van der Waals surface area (Å²) in [5.41, 5.74) is 7.52. The summed E-state index contributed by atoms with van der Waals surface area (Å²) >= 11 is 0. The van der Waals surface area contributed by atoms with E-state index in [0.717, 1.165) is 37.1 Å². The molecule has 4 nitrogen and oxygen atoms in total. The van der Waals surface area contributed by atoms with E-state index in [1.54, 1.807) is 0 Å². The van der Waals surface area contributed by atoms with Gasteiger partial charge in [0.25, 0.3) is 5.91 Å². The number of nitrogens with two attached hydrogens (primary N) is 1. The van der Waals surface area contributed by atoms with E-state index in [9.17, 15) is 4.79 Å². The monoisotopic (exact) mass is 275 g/mol. The van der Waals surface area contributed by atoms with Crippen LogP contribution in [0.1, 0.15) is 28.8 Å². The number of carbonyl (C=O) groups is 1. The van der Waals surface area contributed by atoms with Gasteiger partial charge in [-0.15, -0.1) is 0 Å². The van der Waals surface area contributed by atoms with Crippen LogP contribution in [-0.2, 0) is 6.42 Å². The predicted molar refractivity (Wildman–Crippen MR) is 81.8 cm³/mol. The van der Waals surface area contributed by atoms with Crippen LogP contribution < -0.4 is 5.73 Å². The molecule has 2 rings (SSSR count). The number of carbonyl (C=O) groups excluding carboxylic acids is 1. The second-order valence-corrected chi connectivity index (χ2v) is 5.71. The van der Waals surface area contributed by atoms with Gasteiger partial charge >= 0.3 is 0 Å². The van der Waals surface area contributed by atoms with Crippen molar-refractivity contribution < 1.29 is 4.79 Å². The SMILES string of the molecule is CN(C)C1CCCN(C(=O)c2ccccc2CCN)C1. The van der Waals surface area contributed by atoms with Gasteiger partial charge in [-0.3, -0.25) is 4.79 Å². The third kappa shape index (κ3) is 3.38. The van der Waals surface area contributed by atoms with Crippen molar-refractivity contribution in [2.24, 2.45) is 5.73 Å². The zero-order valence-corrected chi connectivity index (χ0v) is 12.5. The van der Waals surface area contributed by atoms with Crippen molar-refractivity contribution in [1.82, 2.24) is 9.80 Å². The summed E-state index contributed by atoms with van der Waals surface area (Å²) in [7, 11) is 4.17. The van der Waals surface area contributed by atoms with E-state index in [1.165, 1.54) is 6.42 Å². The van der Waals surface area contributed by atoms with Crippen molar-refractivity contribution >= 4 is 5.91 Å². The topological polar surface area (TPSA) is 49.6 Å². The van der Waals surface area contributed by atoms with Crippen LogP contribution in [0.15, 0.2) is 24.3 Å². The van der Waals surface area contributed by atoms with Crippen LogP contribution in [0, 0.1) is 0 Å². The van der Waals surface area contributed by atoms with Gasteiger partial charge < -0.3 is 15.5 Å². The number of nitrogens with zero attached hydrogens (tertiary/aromatic N) is 2. The van der Waals surface area contributed by atoms with Gasteiger partial charge in [-0.1, -0.05) is 18.2 Å². The smallest absolute Gasteiger partial charge is 0.254 e. The molecule has 1 unspecified atom stereocenters. The van der Waals surface area contributed by atoms with Crippen LogP contribution in [0.5, 0.6) is 0 Å². The predicted octanol–water partition coefficient (Wildman–Crippen LogP) is 1.35. The van der Waals surface area contributed by atoms with Crippen molar-refractivity contribution in [2.45, 2.75) is 25.3 Å². The Kier molecular flexibility index (Phi) is 5.15. The number of likely N-dealkylation sites (N-methyl/N-ethyl adjacent to an activating group) is 1. The lowest BCUT2D eigenvalue weighted by molar-refractivity contribution is 0.0634. The molecule has 110 valence electrons. The zero-order valence-electron chi connectivity index (χ0n) is 12.5. The molecule has 1 fully saturated rings. The van der Waals surface area contributed by atoms with E-state index >= 15 is 0 Å². The maximum atomic E-state index is 12.7. The van der Waals surface area contributed by atoms with Crippen molar-refractivity contribution in [2.75, 3.05) is 33.7 Å². The van der Waals surface area contributed by atoms with Crippen LogP contribution in [0.2, 0.25) is 0 Å². The Morgan fingerprint density at radius 1 is 1.40 bits per heavy atom. The standard InChI is InChI=1S/C16H25N3O/c1-18(2)14-7-5-11-19(12-14)16(20)15-8-4-3-6-13(15)9-10-17/h3-4,6,8,14H,5,7,9-12,17H2,1-2H3. The highest BCUT2D eigenvalue weighted by Gasteiger charge is 2.26. The number of hydrogen-bond donors (Lipinski definition) is 1. The van der Waals surface area contributed by atoms with Gasteiger partial charge in [0.2, 0.25) is 0 Å². The van der Waals surface area contributed by atoms with Gasteiger partial charge in [-0.2, -0.15) is 0 Å². The lowest BCUT2D eigenvalue weighted by Crippen LogP contribution is -2.47. The Labute approximate surface area is 121 Å². The molecule has 0 aliphatic carbocycles. The van der Waals surface area contributed by atoms with Gasteiger partial charge in [0.1, 0.15) is 0 Å². The van der Waals surface area contributed by atoms with Gasteiger partial charge in [0.05, 0.1) is 0 Å². The van der Waals surface area contributed by atoms with Crippen molar-refractivity contribution in [3.05, 3.63) is 35.4 Å². The quantitative estimate of drug-likeness (QED) is 0.902. The summed E-state index contributed by atoms with van der Waals surface area (Å²) in [5, 5.41) is 0. The highest BCUT2D eigenvalue weighted by atomic mass is 16.2. The number of amides is 1. The molecule has 1 saturated heterocycles. The first-order chi connectivity index (χ1) is 9.63. The summed E-state index contributed by atoms with van der Waals surface area (Å²) in [6, 6.07) is 8.30. The molecule has 0 radical (unpaired) electrons. The molecular formula is C16H25N3O. The van der Waals surface area contributed by atoms with E-state index in [1.807, 2.05) is 29.2 Å². The summed E-state index contributed by atoms with van der Waals surface area (Å²) in [4.78, 5) is 16.9. The molecule has 20 heavy (non-hydrogen) atoms. The number of hydrogen-bond acceptors (Lipinski definition) is 3. The highest BCUT2D eigenvalue weighted by molar-refractivity contribution is 5.95. The fourth-order valence-electron chi connectivity index (χ4n) is 2.83. The molecule has 0 aromatic heterocycles. The molecule has 1 atom stereocenters. The molecule has 1 aliphatic rings. The minimum absolute atomic E-state index is 0.153. The summed E-state index contributed by atoms with van der Waals surface area (Å²) in [6.07, 6.45) is 3.00. The first-order valence-corrected chi connectivity index (χ1v) is 7.37.